The van der Waals surface area contributed by atoms with Crippen molar-refractivity contribution in [1.29, 1.82) is 0 Å². The highest BCUT2D eigenvalue weighted by Gasteiger charge is 2.26. The van der Waals surface area contributed by atoms with E-state index in [0.29, 0.717) is 24.2 Å². The largest absolute Gasteiger partial charge is 0.485 e. The van der Waals surface area contributed by atoms with Gasteiger partial charge in [-0.3, -0.25) is 9.59 Å². The maximum absolute atomic E-state index is 12.9. The third-order valence-electron chi connectivity index (χ3n) is 5.84. The number of rotatable bonds is 12. The number of carbonyl (C=O) groups excluding carboxylic acids is 2. The molecule has 36 heavy (non-hydrogen) atoms. The van der Waals surface area contributed by atoms with Crippen molar-refractivity contribution in [1.82, 2.24) is 15.3 Å². The number of carboxylic acid groups (broad SMARTS) is 1. The Kier molecular flexibility index (Phi) is 9.18. The molecule has 2 aromatic carbocycles. The molecule has 10 heteroatoms. The number of anilines is 1. The van der Waals surface area contributed by atoms with E-state index in [4.69, 9.17) is 10.5 Å². The summed E-state index contributed by atoms with van der Waals surface area (Å²) in [7, 11) is 0. The van der Waals surface area contributed by atoms with Crippen molar-refractivity contribution < 1.29 is 24.2 Å². The monoisotopic (exact) mass is 493 g/mol. The number of nitrogens with two attached hydrogens (primary N) is 1. The zero-order valence-corrected chi connectivity index (χ0v) is 20.2. The second kappa shape index (κ2) is 12.5. The normalized spacial score (nSPS) is 13.3. The summed E-state index contributed by atoms with van der Waals surface area (Å²) in [6, 6.07) is 12.1. The molecule has 2 amide bonds. The maximum atomic E-state index is 12.9. The van der Waals surface area contributed by atoms with Crippen LogP contribution in [0.2, 0.25) is 0 Å². The number of aromatic nitrogens is 2. The van der Waals surface area contributed by atoms with Crippen molar-refractivity contribution in [3.63, 3.8) is 0 Å². The molecule has 3 aromatic rings. The number of nitrogens with one attached hydrogen (secondary N) is 3. The highest BCUT2D eigenvalue weighted by molar-refractivity contribution is 6.00. The van der Waals surface area contributed by atoms with Crippen LogP contribution in [0.5, 0.6) is 5.75 Å². The number of hydrogen-bond donors (Lipinski definition) is 5. The Balaban J connectivity index is 1.79. The molecule has 1 aromatic heterocycles. The van der Waals surface area contributed by atoms with Crippen LogP contribution in [0, 0.1) is 5.92 Å². The summed E-state index contributed by atoms with van der Waals surface area (Å²) in [5.41, 5.74) is 8.25. The Morgan fingerprint density at radius 3 is 2.56 bits per heavy atom. The van der Waals surface area contributed by atoms with Gasteiger partial charge in [-0.1, -0.05) is 50.6 Å². The first-order chi connectivity index (χ1) is 17.3. The van der Waals surface area contributed by atoms with E-state index in [0.717, 1.165) is 5.56 Å². The van der Waals surface area contributed by atoms with Gasteiger partial charge in [-0.15, -0.1) is 0 Å². The lowest BCUT2D eigenvalue weighted by Crippen LogP contribution is -2.45. The molecule has 0 aliphatic rings. The number of hydrogen-bond acceptors (Lipinski definition) is 6. The van der Waals surface area contributed by atoms with Gasteiger partial charge in [-0.25, -0.2) is 9.78 Å². The zero-order chi connectivity index (χ0) is 26.1. The van der Waals surface area contributed by atoms with Crippen LogP contribution in [-0.2, 0) is 22.6 Å². The Labute approximate surface area is 209 Å². The summed E-state index contributed by atoms with van der Waals surface area (Å²) in [4.78, 5) is 44.1. The van der Waals surface area contributed by atoms with Crippen LogP contribution in [0.4, 0.5) is 5.69 Å². The van der Waals surface area contributed by atoms with E-state index in [9.17, 15) is 19.5 Å². The minimum Gasteiger partial charge on any atom is -0.485 e. The van der Waals surface area contributed by atoms with Crippen molar-refractivity contribution in [3.05, 3.63) is 77.9 Å². The molecule has 190 valence electrons. The molecular weight excluding hydrogens is 462 g/mol. The minimum absolute atomic E-state index is 0.106. The van der Waals surface area contributed by atoms with Crippen molar-refractivity contribution in [3.8, 4) is 5.75 Å². The Hall–Kier alpha value is -4.18. The Morgan fingerprint density at radius 1 is 1.17 bits per heavy atom. The molecule has 0 aliphatic heterocycles. The number of benzene rings is 2. The molecule has 3 rings (SSSR count). The van der Waals surface area contributed by atoms with Crippen LogP contribution in [-0.4, -0.2) is 44.9 Å². The fourth-order valence-corrected chi connectivity index (χ4v) is 3.50. The number of carboxylic acids is 1. The molecule has 6 N–H and O–H groups in total. The molecule has 0 aliphatic carbocycles. The molecule has 0 saturated carbocycles. The fourth-order valence-electron chi connectivity index (χ4n) is 3.50. The summed E-state index contributed by atoms with van der Waals surface area (Å²) in [6.07, 6.45) is 4.04. The van der Waals surface area contributed by atoms with Gasteiger partial charge in [0.15, 0.2) is 0 Å². The van der Waals surface area contributed by atoms with Crippen LogP contribution in [0.3, 0.4) is 0 Å². The van der Waals surface area contributed by atoms with Gasteiger partial charge in [-0.2, -0.15) is 0 Å². The maximum Gasteiger partial charge on any atom is 0.326 e. The number of imidazole rings is 1. The number of amides is 2. The summed E-state index contributed by atoms with van der Waals surface area (Å²) in [6.45, 7) is 3.72. The summed E-state index contributed by atoms with van der Waals surface area (Å²) in [5.74, 6) is -2.11. The van der Waals surface area contributed by atoms with Crippen molar-refractivity contribution in [2.24, 2.45) is 11.7 Å². The second-order valence-electron chi connectivity index (χ2n) is 8.54. The predicted molar refractivity (Wildman–Crippen MR) is 134 cm³/mol. The first kappa shape index (κ1) is 26.4. The van der Waals surface area contributed by atoms with Gasteiger partial charge in [0.05, 0.1) is 29.9 Å². The molecule has 0 radical (unpaired) electrons. The summed E-state index contributed by atoms with van der Waals surface area (Å²) < 4.78 is 5.87. The summed E-state index contributed by atoms with van der Waals surface area (Å²) in [5, 5.41) is 14.8. The Bertz CT molecular complexity index is 1170. The van der Waals surface area contributed by atoms with Gasteiger partial charge < -0.3 is 31.2 Å². The van der Waals surface area contributed by atoms with Crippen molar-refractivity contribution >= 4 is 23.5 Å². The molecule has 0 unspecified atom stereocenters. The van der Waals surface area contributed by atoms with Crippen LogP contribution in [0.15, 0.2) is 61.1 Å². The van der Waals surface area contributed by atoms with Crippen LogP contribution >= 0.6 is 0 Å². The molecule has 3 atom stereocenters. The predicted octanol–water partition coefficient (Wildman–Crippen LogP) is 2.73. The van der Waals surface area contributed by atoms with Gasteiger partial charge in [0.1, 0.15) is 18.4 Å². The number of aromatic amines is 1. The molecule has 0 spiro atoms. The molecular formula is C26H31N5O5. The first-order valence-electron chi connectivity index (χ1n) is 11.7. The third-order valence-corrected chi connectivity index (χ3v) is 5.84. The molecule has 10 nitrogen and oxygen atoms in total. The number of H-pyrrole nitrogens is 1. The van der Waals surface area contributed by atoms with Gasteiger partial charge in [0, 0.05) is 5.56 Å². The molecule has 0 fully saturated rings. The highest BCUT2D eigenvalue weighted by Crippen LogP contribution is 2.27. The van der Waals surface area contributed by atoms with Crippen LogP contribution < -0.4 is 21.1 Å². The highest BCUT2D eigenvalue weighted by atomic mass is 16.5. The van der Waals surface area contributed by atoms with E-state index in [-0.39, 0.29) is 23.8 Å². The number of aliphatic carboxylic acids is 1. The minimum atomic E-state index is -1.11. The quantitative estimate of drug-likeness (QED) is 0.259. The van der Waals surface area contributed by atoms with Crippen LogP contribution in [0.1, 0.15) is 41.9 Å². The average molecular weight is 494 g/mol. The average Bonchev–Trinajstić information content (AvgIpc) is 3.40. The van der Waals surface area contributed by atoms with Gasteiger partial charge >= 0.3 is 5.97 Å². The SMILES string of the molecule is CC[C@H](C)[C@H](NC(=O)c1ccc(NC(=O)[C@@H](N)Cc2ccccc2)c(OCc2cnc[nH]2)c1)C(=O)O. The van der Waals surface area contributed by atoms with Gasteiger partial charge in [0.25, 0.3) is 5.91 Å². The summed E-state index contributed by atoms with van der Waals surface area (Å²) >= 11 is 0. The van der Waals surface area contributed by atoms with Crippen LogP contribution in [0.25, 0.3) is 0 Å². The van der Waals surface area contributed by atoms with Gasteiger partial charge in [0.2, 0.25) is 5.91 Å². The van der Waals surface area contributed by atoms with Gasteiger partial charge in [-0.05, 0) is 36.1 Å². The van der Waals surface area contributed by atoms with E-state index in [2.05, 4.69) is 20.6 Å². The van der Waals surface area contributed by atoms with E-state index in [1.807, 2.05) is 37.3 Å². The number of ether oxygens (including phenoxy) is 1. The van der Waals surface area contributed by atoms with E-state index in [1.165, 1.54) is 24.5 Å². The smallest absolute Gasteiger partial charge is 0.326 e. The van der Waals surface area contributed by atoms with E-state index < -0.39 is 29.9 Å². The molecule has 0 bridgehead atoms. The van der Waals surface area contributed by atoms with Crippen molar-refractivity contribution in [2.75, 3.05) is 5.32 Å². The van der Waals surface area contributed by atoms with E-state index >= 15 is 0 Å². The fraction of sp³-hybridized carbons (Fsp3) is 0.308. The van der Waals surface area contributed by atoms with Crippen molar-refractivity contribution in [2.45, 2.75) is 45.4 Å². The zero-order valence-electron chi connectivity index (χ0n) is 20.2. The topological polar surface area (TPSA) is 159 Å². The first-order valence-corrected chi connectivity index (χ1v) is 11.7. The lowest BCUT2D eigenvalue weighted by atomic mass is 9.99. The third kappa shape index (κ3) is 7.16. The molecule has 0 saturated heterocycles. The number of carbonyl (C=O) groups is 3. The Morgan fingerprint density at radius 2 is 1.92 bits per heavy atom. The lowest BCUT2D eigenvalue weighted by molar-refractivity contribution is -0.140. The lowest BCUT2D eigenvalue weighted by Gasteiger charge is -2.21. The molecule has 1 heterocycles. The standard InChI is InChI=1S/C26H31N5O5/c1-3-16(2)23(26(34)35)31-24(32)18-9-10-21(22(12-18)36-14-19-13-28-15-29-19)30-25(33)20(27)11-17-7-5-4-6-8-17/h4-10,12-13,15-16,20,23H,3,11,14,27H2,1-2H3,(H,28,29)(H,30,33)(H,31,32)(H,34,35)/t16-,20-,23-/m0/s1. The second-order valence-corrected chi connectivity index (χ2v) is 8.54. The number of nitrogens with zero attached hydrogens (tertiary/aromatic N) is 1. The van der Waals surface area contributed by atoms with E-state index in [1.54, 1.807) is 13.1 Å².